The van der Waals surface area contributed by atoms with Crippen molar-refractivity contribution in [3.05, 3.63) is 28.2 Å². The summed E-state index contributed by atoms with van der Waals surface area (Å²) in [5.41, 5.74) is 0.341. The Morgan fingerprint density at radius 2 is 1.85 bits per heavy atom. The van der Waals surface area contributed by atoms with E-state index in [4.69, 9.17) is 10.7 Å². The molecule has 0 aliphatic carbocycles. The third-order valence-electron chi connectivity index (χ3n) is 3.72. The standard InChI is InChI=1S/C13H15BrClNO3S/c1-8-6-16(7-9(8)2)13(17)10-3-4-11(14)12(5-10)20(15,18)19/h3-5,8-9H,6-7H2,1-2H3. The molecular formula is C13H15BrClNO3S. The fraction of sp³-hybridized carbons (Fsp3) is 0.462. The first-order chi connectivity index (χ1) is 9.20. The highest BCUT2D eigenvalue weighted by molar-refractivity contribution is 9.10. The first-order valence-corrected chi connectivity index (χ1v) is 9.34. The van der Waals surface area contributed by atoms with Gasteiger partial charge in [-0.15, -0.1) is 0 Å². The number of carbonyl (C=O) groups excluding carboxylic acids is 1. The maximum Gasteiger partial charge on any atom is 0.262 e. The third kappa shape index (κ3) is 3.18. The summed E-state index contributed by atoms with van der Waals surface area (Å²) in [4.78, 5) is 14.1. The van der Waals surface area contributed by atoms with E-state index in [1.54, 1.807) is 11.0 Å². The Morgan fingerprint density at radius 1 is 1.30 bits per heavy atom. The molecule has 1 aliphatic rings. The molecule has 1 amide bonds. The lowest BCUT2D eigenvalue weighted by Gasteiger charge is -2.16. The predicted octanol–water partition coefficient (Wildman–Crippen LogP) is 3.10. The van der Waals surface area contributed by atoms with Crippen LogP contribution in [0.1, 0.15) is 24.2 Å². The Kier molecular flexibility index (Phi) is 4.47. The minimum atomic E-state index is -3.88. The lowest BCUT2D eigenvalue weighted by atomic mass is 10.0. The number of hydrogen-bond acceptors (Lipinski definition) is 3. The molecule has 4 nitrogen and oxygen atoms in total. The number of carbonyl (C=O) groups is 1. The molecule has 1 aliphatic heterocycles. The van der Waals surface area contributed by atoms with Gasteiger partial charge in [0.25, 0.3) is 15.0 Å². The first-order valence-electron chi connectivity index (χ1n) is 6.23. The Balaban J connectivity index is 2.33. The van der Waals surface area contributed by atoms with E-state index in [1.807, 2.05) is 0 Å². The molecule has 2 rings (SSSR count). The van der Waals surface area contributed by atoms with Gasteiger partial charge in [-0.1, -0.05) is 13.8 Å². The van der Waals surface area contributed by atoms with E-state index in [0.29, 0.717) is 35.0 Å². The van der Waals surface area contributed by atoms with Crippen LogP contribution in [0, 0.1) is 11.8 Å². The van der Waals surface area contributed by atoms with E-state index in [0.717, 1.165) is 0 Å². The SMILES string of the molecule is CC1CN(C(=O)c2ccc(Br)c(S(=O)(=O)Cl)c2)CC1C. The Morgan fingerprint density at radius 3 is 2.35 bits per heavy atom. The van der Waals surface area contributed by atoms with Crippen LogP contribution < -0.4 is 0 Å². The maximum atomic E-state index is 12.4. The van der Waals surface area contributed by atoms with Gasteiger partial charge in [-0.25, -0.2) is 8.42 Å². The van der Waals surface area contributed by atoms with Gasteiger partial charge < -0.3 is 4.90 Å². The fourth-order valence-corrected chi connectivity index (χ4v) is 4.42. The Bertz CT molecular complexity index is 637. The Hall–Kier alpha value is -0.590. The van der Waals surface area contributed by atoms with Crippen molar-refractivity contribution in [2.24, 2.45) is 11.8 Å². The van der Waals surface area contributed by atoms with Crippen LogP contribution >= 0.6 is 26.6 Å². The van der Waals surface area contributed by atoms with Gasteiger partial charge in [0, 0.05) is 33.8 Å². The zero-order chi connectivity index (χ0) is 15.1. The van der Waals surface area contributed by atoms with Crippen molar-refractivity contribution in [1.29, 1.82) is 0 Å². The smallest absolute Gasteiger partial charge is 0.262 e. The quantitative estimate of drug-likeness (QED) is 0.741. The molecule has 1 saturated heterocycles. The summed E-state index contributed by atoms with van der Waals surface area (Å²) >= 11 is 3.13. The van der Waals surface area contributed by atoms with Gasteiger partial charge in [-0.2, -0.15) is 0 Å². The van der Waals surface area contributed by atoms with E-state index in [-0.39, 0.29) is 10.8 Å². The predicted molar refractivity (Wildman–Crippen MR) is 81.4 cm³/mol. The highest BCUT2D eigenvalue weighted by Gasteiger charge is 2.30. The number of nitrogens with zero attached hydrogens (tertiary/aromatic N) is 1. The van der Waals surface area contributed by atoms with Crippen molar-refractivity contribution < 1.29 is 13.2 Å². The topological polar surface area (TPSA) is 54.5 Å². The molecule has 0 saturated carbocycles. The number of amides is 1. The lowest BCUT2D eigenvalue weighted by molar-refractivity contribution is 0.0784. The van der Waals surface area contributed by atoms with Crippen LogP contribution in [0.5, 0.6) is 0 Å². The summed E-state index contributed by atoms with van der Waals surface area (Å²) in [6, 6.07) is 4.46. The molecule has 0 bridgehead atoms. The number of likely N-dealkylation sites (tertiary alicyclic amines) is 1. The second-order valence-electron chi connectivity index (χ2n) is 5.25. The van der Waals surface area contributed by atoms with Crippen LogP contribution in [0.3, 0.4) is 0 Å². The largest absolute Gasteiger partial charge is 0.338 e. The number of hydrogen-bond donors (Lipinski definition) is 0. The highest BCUT2D eigenvalue weighted by Crippen LogP contribution is 2.28. The molecule has 2 atom stereocenters. The fourth-order valence-electron chi connectivity index (χ4n) is 2.30. The Labute approximate surface area is 131 Å². The van der Waals surface area contributed by atoms with Gasteiger partial charge in [-0.05, 0) is 46.0 Å². The van der Waals surface area contributed by atoms with Crippen molar-refractivity contribution >= 4 is 41.6 Å². The molecule has 20 heavy (non-hydrogen) atoms. The normalized spacial score (nSPS) is 23.1. The summed E-state index contributed by atoms with van der Waals surface area (Å²) in [5, 5.41) is 0. The molecule has 0 N–H and O–H groups in total. The van der Waals surface area contributed by atoms with Gasteiger partial charge in [0.15, 0.2) is 0 Å². The third-order valence-corrected chi connectivity index (χ3v) is 6.03. The molecule has 1 aromatic rings. The molecule has 1 fully saturated rings. The molecule has 0 aromatic heterocycles. The number of halogens is 2. The van der Waals surface area contributed by atoms with Crippen molar-refractivity contribution in [2.75, 3.05) is 13.1 Å². The molecular weight excluding hydrogens is 366 g/mol. The van der Waals surface area contributed by atoms with E-state index in [2.05, 4.69) is 29.8 Å². The van der Waals surface area contributed by atoms with Crippen molar-refractivity contribution in [2.45, 2.75) is 18.7 Å². The number of rotatable bonds is 2. The van der Waals surface area contributed by atoms with Crippen LogP contribution in [0.2, 0.25) is 0 Å². The molecule has 1 aromatic carbocycles. The van der Waals surface area contributed by atoms with E-state index >= 15 is 0 Å². The van der Waals surface area contributed by atoms with Crippen LogP contribution in [0.25, 0.3) is 0 Å². The summed E-state index contributed by atoms with van der Waals surface area (Å²) in [5.74, 6) is 0.742. The van der Waals surface area contributed by atoms with Crippen LogP contribution in [-0.4, -0.2) is 32.3 Å². The average Bonchev–Trinajstić information content (AvgIpc) is 2.68. The summed E-state index contributed by atoms with van der Waals surface area (Å²) in [6.07, 6.45) is 0. The van der Waals surface area contributed by atoms with Crippen LogP contribution in [-0.2, 0) is 9.05 Å². The summed E-state index contributed by atoms with van der Waals surface area (Å²) < 4.78 is 23.3. The summed E-state index contributed by atoms with van der Waals surface area (Å²) in [7, 11) is 1.48. The van der Waals surface area contributed by atoms with Crippen molar-refractivity contribution in [3.63, 3.8) is 0 Å². The summed E-state index contributed by atoms with van der Waals surface area (Å²) in [6.45, 7) is 5.60. The molecule has 110 valence electrons. The average molecular weight is 381 g/mol. The van der Waals surface area contributed by atoms with E-state index in [9.17, 15) is 13.2 Å². The molecule has 7 heteroatoms. The molecule has 0 spiro atoms. The van der Waals surface area contributed by atoms with Gasteiger partial charge in [0.2, 0.25) is 0 Å². The minimum Gasteiger partial charge on any atom is -0.338 e. The van der Waals surface area contributed by atoms with Gasteiger partial charge in [-0.3, -0.25) is 4.79 Å². The molecule has 0 radical (unpaired) electrons. The molecule has 2 unspecified atom stereocenters. The second-order valence-corrected chi connectivity index (χ2v) is 8.64. The monoisotopic (exact) mass is 379 g/mol. The van der Waals surface area contributed by atoms with E-state index in [1.165, 1.54) is 12.1 Å². The van der Waals surface area contributed by atoms with Crippen molar-refractivity contribution in [1.82, 2.24) is 4.90 Å². The zero-order valence-electron chi connectivity index (χ0n) is 11.1. The number of benzene rings is 1. The van der Waals surface area contributed by atoms with Crippen LogP contribution in [0.4, 0.5) is 0 Å². The van der Waals surface area contributed by atoms with Crippen LogP contribution in [0.15, 0.2) is 27.6 Å². The van der Waals surface area contributed by atoms with Gasteiger partial charge >= 0.3 is 0 Å². The van der Waals surface area contributed by atoms with E-state index < -0.39 is 9.05 Å². The maximum absolute atomic E-state index is 12.4. The lowest BCUT2D eigenvalue weighted by Crippen LogP contribution is -2.28. The van der Waals surface area contributed by atoms with Gasteiger partial charge in [0.05, 0.1) is 4.90 Å². The first kappa shape index (κ1) is 15.8. The molecule has 1 heterocycles. The highest BCUT2D eigenvalue weighted by atomic mass is 79.9. The van der Waals surface area contributed by atoms with Gasteiger partial charge in [0.1, 0.15) is 0 Å². The minimum absolute atomic E-state index is 0.0784. The zero-order valence-corrected chi connectivity index (χ0v) is 14.3. The second kappa shape index (κ2) is 5.66. The van der Waals surface area contributed by atoms with Crippen molar-refractivity contribution in [3.8, 4) is 0 Å².